The van der Waals surface area contributed by atoms with Crippen molar-refractivity contribution < 1.29 is 93.2 Å². The number of hydrogen-bond donors (Lipinski definition) is 2. The van der Waals surface area contributed by atoms with Crippen LogP contribution in [0.25, 0.3) is 0 Å². The normalized spacial score (nSPS) is 16.8. The van der Waals surface area contributed by atoms with Crippen LogP contribution in [-0.2, 0) is 17.8 Å². The number of rotatable bonds is 5. The van der Waals surface area contributed by atoms with E-state index in [-0.39, 0.29) is 107 Å². The molecule has 0 saturated carbocycles. The number of amides is 1. The van der Waals surface area contributed by atoms with Gasteiger partial charge < -0.3 is 38.8 Å². The van der Waals surface area contributed by atoms with Gasteiger partial charge in [-0.25, -0.2) is 0 Å². The Morgan fingerprint density at radius 1 is 1.20 bits per heavy atom. The quantitative estimate of drug-likeness (QED) is 0.450. The van der Waals surface area contributed by atoms with Gasteiger partial charge in [0.1, 0.15) is 18.4 Å². The molecule has 0 aliphatic carbocycles. The van der Waals surface area contributed by atoms with Crippen LogP contribution in [0.2, 0.25) is 6.32 Å². The maximum atomic E-state index is 12.2. The molecule has 0 spiro atoms. The summed E-state index contributed by atoms with van der Waals surface area (Å²) in [5.41, 5.74) is 0.202. The molecule has 0 bridgehead atoms. The van der Waals surface area contributed by atoms with Crippen LogP contribution in [0.5, 0.6) is 11.5 Å². The Morgan fingerprint density at radius 2 is 1.87 bits per heavy atom. The van der Waals surface area contributed by atoms with E-state index in [1.54, 1.807) is 27.9 Å². The van der Waals surface area contributed by atoms with Crippen molar-refractivity contribution >= 4 is 18.6 Å². The van der Waals surface area contributed by atoms with E-state index in [1.165, 1.54) is 6.07 Å². The Bertz CT molecular complexity index is 918. The van der Waals surface area contributed by atoms with E-state index in [1.807, 2.05) is 12.1 Å². The molecular weight excluding hydrogens is 413 g/mol. The summed E-state index contributed by atoms with van der Waals surface area (Å²) in [5, 5.41) is 31.2. The number of carbonyl (C=O) groups is 2. The Balaban J connectivity index is 0.00000160. The molecule has 148 valence electrons. The minimum atomic E-state index is -3.11. The number of fused-ring (bicyclic) bond motifs is 1. The van der Waals surface area contributed by atoms with Crippen LogP contribution >= 0.6 is 0 Å². The molecule has 1 saturated heterocycles. The number of aryl methyl sites for hydroxylation is 1. The number of aromatic carboxylic acids is 1. The molecular formula is C18H19BN2Na2O7. The third-order valence-electron chi connectivity index (χ3n) is 4.98. The van der Waals surface area contributed by atoms with Gasteiger partial charge in [0, 0.05) is 12.4 Å². The van der Waals surface area contributed by atoms with Crippen molar-refractivity contribution in [1.29, 1.82) is 0 Å². The average molecular weight is 432 g/mol. The second-order valence-corrected chi connectivity index (χ2v) is 7.12. The number of carbonyl (C=O) groups excluding carboxylic acids is 2. The van der Waals surface area contributed by atoms with Gasteiger partial charge in [-0.1, -0.05) is 12.4 Å². The molecule has 9 nitrogen and oxygen atoms in total. The fourth-order valence-electron chi connectivity index (χ4n) is 3.45. The molecule has 2 aromatic rings. The predicted octanol–water partition coefficient (Wildman–Crippen LogP) is -6.99. The third-order valence-corrected chi connectivity index (χ3v) is 4.98. The van der Waals surface area contributed by atoms with Crippen LogP contribution in [0.4, 0.5) is 0 Å². The molecule has 0 unspecified atom stereocenters. The molecule has 1 amide bonds. The number of carboxylic acids is 1. The number of benzene rings is 1. The van der Waals surface area contributed by atoms with Gasteiger partial charge >= 0.3 is 65.9 Å². The van der Waals surface area contributed by atoms with E-state index in [0.29, 0.717) is 18.7 Å². The fraction of sp³-hybridized carbons (Fsp3) is 0.333. The second kappa shape index (κ2) is 10.1. The molecule has 0 atom stereocenters. The standard InChI is InChI=1S/C18H20BN2O7.2Na/c22-15(11-20-7-1-2-8-20)21-9-13(10-21)27-14-4-3-12-5-6-19(25,26)28-17(12)16(14)18(23)24;;/h1-4,7-8,13,25-26H,5-6,9-11H2,(H,23,24);;/q-1;2*+1/p-1. The molecule has 12 heteroatoms. The third kappa shape index (κ3) is 5.44. The van der Waals surface area contributed by atoms with Crippen molar-refractivity contribution in [3.8, 4) is 11.5 Å². The van der Waals surface area contributed by atoms with Gasteiger partial charge in [0.05, 0.1) is 30.4 Å². The average Bonchev–Trinajstić information content (AvgIpc) is 3.08. The summed E-state index contributed by atoms with van der Waals surface area (Å²) in [6.45, 7) is -2.22. The monoisotopic (exact) mass is 432 g/mol. The minimum absolute atomic E-state index is 0. The zero-order valence-corrected chi connectivity index (χ0v) is 21.0. The van der Waals surface area contributed by atoms with Crippen LogP contribution in [0, 0.1) is 0 Å². The van der Waals surface area contributed by atoms with E-state index in [9.17, 15) is 24.7 Å². The van der Waals surface area contributed by atoms with Crippen LogP contribution in [-0.4, -0.2) is 57.3 Å². The molecule has 2 aliphatic heterocycles. The van der Waals surface area contributed by atoms with Gasteiger partial charge in [0.2, 0.25) is 5.91 Å². The smallest absolute Gasteiger partial charge is 0.669 e. The fourth-order valence-corrected chi connectivity index (χ4v) is 3.45. The van der Waals surface area contributed by atoms with E-state index in [0.717, 1.165) is 0 Å². The number of likely N-dealkylation sites (tertiary alicyclic amines) is 1. The first-order valence-corrected chi connectivity index (χ1v) is 9.04. The molecule has 2 aliphatic rings. The van der Waals surface area contributed by atoms with E-state index in [2.05, 4.69) is 0 Å². The van der Waals surface area contributed by atoms with Gasteiger partial charge in [-0.2, -0.15) is 0 Å². The van der Waals surface area contributed by atoms with Crippen LogP contribution in [0.1, 0.15) is 15.9 Å². The van der Waals surface area contributed by atoms with Crippen molar-refractivity contribution in [1.82, 2.24) is 9.47 Å². The minimum Gasteiger partial charge on any atom is -0.669 e. The molecule has 30 heavy (non-hydrogen) atoms. The van der Waals surface area contributed by atoms with Gasteiger partial charge in [-0.15, -0.1) is 0 Å². The first kappa shape index (κ1) is 25.3. The van der Waals surface area contributed by atoms with Gasteiger partial charge in [-0.05, 0) is 30.2 Å². The summed E-state index contributed by atoms with van der Waals surface area (Å²) >= 11 is 0. The predicted molar refractivity (Wildman–Crippen MR) is 95.5 cm³/mol. The van der Waals surface area contributed by atoms with E-state index < -0.39 is 12.7 Å². The first-order chi connectivity index (χ1) is 13.3. The van der Waals surface area contributed by atoms with Crippen molar-refractivity contribution in [3.63, 3.8) is 0 Å². The summed E-state index contributed by atoms with van der Waals surface area (Å²) < 4.78 is 12.6. The molecule has 2 N–H and O–H groups in total. The number of aromatic nitrogens is 1. The number of hydrogen-bond acceptors (Lipinski definition) is 7. The Morgan fingerprint density at radius 3 is 2.50 bits per heavy atom. The zero-order chi connectivity index (χ0) is 19.9. The molecule has 1 aromatic carbocycles. The Labute approximate surface area is 217 Å². The number of ether oxygens (including phenoxy) is 1. The van der Waals surface area contributed by atoms with Crippen molar-refractivity contribution in [2.45, 2.75) is 25.4 Å². The largest absolute Gasteiger partial charge is 1.00 e. The number of nitrogens with zero attached hydrogens (tertiary/aromatic N) is 2. The summed E-state index contributed by atoms with van der Waals surface area (Å²) in [6, 6.07) is 6.82. The molecule has 3 heterocycles. The van der Waals surface area contributed by atoms with Gasteiger partial charge in [0.25, 0.3) is 0 Å². The van der Waals surface area contributed by atoms with Crippen molar-refractivity contribution in [2.24, 2.45) is 0 Å². The summed E-state index contributed by atoms with van der Waals surface area (Å²) in [7, 11) is 0. The van der Waals surface area contributed by atoms with E-state index in [4.69, 9.17) is 9.39 Å². The van der Waals surface area contributed by atoms with E-state index >= 15 is 0 Å². The zero-order valence-electron chi connectivity index (χ0n) is 17.0. The SMILES string of the molecule is O=C([O-])c1c(OC2CN(C(=O)Cn3cccc3)C2)ccc2c1O[B-](O)(O)CC2.[Na+].[Na+]. The van der Waals surface area contributed by atoms with Crippen LogP contribution in [0.15, 0.2) is 36.7 Å². The molecule has 4 rings (SSSR count). The van der Waals surface area contributed by atoms with Crippen molar-refractivity contribution in [2.75, 3.05) is 13.1 Å². The summed E-state index contributed by atoms with van der Waals surface area (Å²) in [4.78, 5) is 25.5. The van der Waals surface area contributed by atoms with Gasteiger partial charge in [0.15, 0.2) is 0 Å². The molecule has 0 radical (unpaired) electrons. The van der Waals surface area contributed by atoms with Crippen LogP contribution < -0.4 is 73.6 Å². The first-order valence-electron chi connectivity index (χ1n) is 9.04. The van der Waals surface area contributed by atoms with Gasteiger partial charge in [-0.3, -0.25) is 4.79 Å². The summed E-state index contributed by atoms with van der Waals surface area (Å²) in [5.74, 6) is -1.69. The Kier molecular flexibility index (Phi) is 8.51. The molecule has 1 fully saturated rings. The van der Waals surface area contributed by atoms with Crippen LogP contribution in [0.3, 0.4) is 0 Å². The van der Waals surface area contributed by atoms with Crippen molar-refractivity contribution in [3.05, 3.63) is 47.8 Å². The number of carboxylic acid groups (broad SMARTS) is 1. The summed E-state index contributed by atoms with van der Waals surface area (Å²) in [6.07, 6.45) is 3.49. The maximum absolute atomic E-state index is 12.2. The maximum Gasteiger partial charge on any atom is 1.00 e. The topological polar surface area (TPSA) is 124 Å². The second-order valence-electron chi connectivity index (χ2n) is 7.12. The Hall–Kier alpha value is -0.975. The molecule has 1 aromatic heterocycles.